The van der Waals surface area contributed by atoms with E-state index >= 15 is 0 Å². The maximum Gasteiger partial charge on any atom is 0.329 e. The number of aromatic nitrogens is 1. The van der Waals surface area contributed by atoms with E-state index in [-0.39, 0.29) is 67.1 Å². The monoisotopic (exact) mass is 1260 g/mol. The fourth-order valence-corrected chi connectivity index (χ4v) is 13.2. The highest BCUT2D eigenvalue weighted by Gasteiger charge is 2.53. The third-order valence-electron chi connectivity index (χ3n) is 18.8. The number of amides is 1. The summed E-state index contributed by atoms with van der Waals surface area (Å²) in [5.74, 6) is -8.51. The molecule has 2 saturated heterocycles. The first-order valence-electron chi connectivity index (χ1n) is 32.1. The van der Waals surface area contributed by atoms with Crippen molar-refractivity contribution in [2.24, 2.45) is 35.5 Å². The standard InChI is InChI=1S/C51H79NO13.C21H19NO4/c1-30-16-12-11-13-17-31(2)42(61-8)28-38-21-19-36(7)51(60,65-38)48(57)49(58)52-23-15-14-18-39(52)50(59)64-43(33(4)26-37-20-22-40(53)44(27-37)62-9)29-41(54)32(3)25-35(6)46(56)47(63-10)45(55)34(5)24-30;1-14-17(13-21(24)25)18-12-16(26-2)9-10-19(18)22(14)20(23)11-8-15-6-4-3-5-7-15/h11-13,16-17,25,30,32-34,36-40,42-44,46-47,53,56,60H,14-15,18-24,26-29H2,1-10H3;3-12H,13H2,1-2H3,(H,24,25)/b13-11?,16-12+,31-17?,35-25+;11-8+/t30-,32-,33-,34-,36-,37+,38+,39+,40-,42+,43+,44-,46-,47+,51-;/m1./s1. The number of hydrogen-bond acceptors (Lipinski definition) is 16. The molecule has 1 aliphatic carbocycles. The number of cyclic esters (lactones) is 1. The van der Waals surface area contributed by atoms with Crippen molar-refractivity contribution >= 4 is 58.1 Å². The number of methoxy groups -OCH3 is 4. The van der Waals surface area contributed by atoms with Gasteiger partial charge in [-0.2, -0.15) is 0 Å². The minimum Gasteiger partial charge on any atom is -0.497 e. The van der Waals surface area contributed by atoms with Gasteiger partial charge in [0.05, 0.1) is 43.5 Å². The quantitative estimate of drug-likeness (QED) is 0.0602. The molecule has 0 spiro atoms. The number of aliphatic hydroxyl groups excluding tert-OH is 2. The largest absolute Gasteiger partial charge is 0.497 e. The van der Waals surface area contributed by atoms with E-state index in [2.05, 4.69) is 0 Å². The maximum absolute atomic E-state index is 14.4. The number of nitrogens with zero attached hydrogens (tertiary/aromatic N) is 2. The van der Waals surface area contributed by atoms with Crippen molar-refractivity contribution < 1.29 is 82.4 Å². The molecule has 0 radical (unpaired) electrons. The molecule has 3 aliphatic heterocycles. The van der Waals surface area contributed by atoms with Gasteiger partial charge in [0, 0.05) is 75.6 Å². The Hall–Kier alpha value is -6.71. The summed E-state index contributed by atoms with van der Waals surface area (Å²) in [5, 5.41) is 43.8. The molecule has 19 heteroatoms. The highest BCUT2D eigenvalue weighted by molar-refractivity contribution is 6.39. The Kier molecular flexibility index (Phi) is 27.6. The number of carbonyl (C=O) groups excluding carboxylic acids is 6. The van der Waals surface area contributed by atoms with Gasteiger partial charge in [-0.15, -0.1) is 0 Å². The number of aliphatic carboxylic acids is 1. The summed E-state index contributed by atoms with van der Waals surface area (Å²) < 4.78 is 36.2. The molecule has 19 nitrogen and oxygen atoms in total. The molecule has 7 rings (SSSR count). The summed E-state index contributed by atoms with van der Waals surface area (Å²) in [4.78, 5) is 95.8. The number of benzene rings is 2. The number of carbonyl (C=O) groups is 7. The van der Waals surface area contributed by atoms with Gasteiger partial charge in [-0.05, 0) is 149 Å². The number of ether oxygens (including phenoxy) is 6. The Morgan fingerprint density at radius 1 is 0.824 bits per heavy atom. The van der Waals surface area contributed by atoms with Crippen LogP contribution in [0.15, 0.2) is 102 Å². The van der Waals surface area contributed by atoms with Gasteiger partial charge in [0.15, 0.2) is 5.78 Å². The first kappa shape index (κ1) is 73.3. The summed E-state index contributed by atoms with van der Waals surface area (Å²) in [5.41, 5.74) is 4.10. The summed E-state index contributed by atoms with van der Waals surface area (Å²) >= 11 is 0. The third kappa shape index (κ3) is 19.2. The number of esters is 1. The number of piperidine rings is 1. The highest BCUT2D eigenvalue weighted by atomic mass is 16.6. The van der Waals surface area contributed by atoms with Crippen LogP contribution in [0.25, 0.3) is 17.0 Å². The predicted molar refractivity (Wildman–Crippen MR) is 346 cm³/mol. The third-order valence-corrected chi connectivity index (χ3v) is 18.8. The summed E-state index contributed by atoms with van der Waals surface area (Å²) in [7, 11) is 6.07. The lowest BCUT2D eigenvalue weighted by Gasteiger charge is -2.42. The number of allylic oxidation sites excluding steroid dienone is 7. The minimum absolute atomic E-state index is 0.0193. The lowest BCUT2D eigenvalue weighted by Crippen LogP contribution is -2.61. The van der Waals surface area contributed by atoms with Crippen LogP contribution in [-0.4, -0.2) is 161 Å². The van der Waals surface area contributed by atoms with E-state index in [1.54, 1.807) is 83.9 Å². The van der Waals surface area contributed by atoms with Crippen LogP contribution < -0.4 is 4.74 Å². The molecule has 91 heavy (non-hydrogen) atoms. The fourth-order valence-electron chi connectivity index (χ4n) is 13.2. The van der Waals surface area contributed by atoms with Crippen molar-refractivity contribution in [1.29, 1.82) is 0 Å². The average molecular weight is 1260 g/mol. The number of carboxylic acid groups (broad SMARTS) is 1. The predicted octanol–water partition coefficient (Wildman–Crippen LogP) is 10.1. The zero-order valence-electron chi connectivity index (χ0n) is 55.2. The van der Waals surface area contributed by atoms with Gasteiger partial charge in [-0.25, -0.2) is 4.79 Å². The second kappa shape index (κ2) is 34.3. The first-order chi connectivity index (χ1) is 43.3. The Morgan fingerprint density at radius 3 is 2.22 bits per heavy atom. The Labute approximate surface area is 536 Å². The molecular formula is C72H98N2O17. The highest BCUT2D eigenvalue weighted by Crippen LogP contribution is 2.38. The number of fused-ring (bicyclic) bond motifs is 4. The number of Topliss-reactive ketones (excluding diaryl/α,β-unsaturated/α-hetero) is 3. The zero-order chi connectivity index (χ0) is 66.9. The van der Waals surface area contributed by atoms with Crippen LogP contribution in [0.2, 0.25) is 0 Å². The molecule has 1 amide bonds. The van der Waals surface area contributed by atoms with Gasteiger partial charge in [0.1, 0.15) is 35.9 Å². The van der Waals surface area contributed by atoms with Crippen LogP contribution in [0.3, 0.4) is 0 Å². The Morgan fingerprint density at radius 2 is 1.55 bits per heavy atom. The molecular weight excluding hydrogens is 1160 g/mol. The lowest BCUT2D eigenvalue weighted by molar-refractivity contribution is -0.265. The van der Waals surface area contributed by atoms with E-state index in [0.29, 0.717) is 91.3 Å². The van der Waals surface area contributed by atoms with Gasteiger partial charge in [-0.1, -0.05) is 101 Å². The first-order valence-corrected chi connectivity index (χ1v) is 32.1. The van der Waals surface area contributed by atoms with Crippen molar-refractivity contribution in [2.75, 3.05) is 35.0 Å². The van der Waals surface area contributed by atoms with E-state index < -0.39 is 89.8 Å². The average Bonchev–Trinajstić information content (AvgIpc) is 1.83. The van der Waals surface area contributed by atoms with E-state index in [4.69, 9.17) is 28.4 Å². The second-order valence-corrected chi connectivity index (χ2v) is 25.5. The van der Waals surface area contributed by atoms with Crippen molar-refractivity contribution in [2.45, 2.75) is 193 Å². The molecule has 498 valence electrons. The topological polar surface area (TPSA) is 264 Å². The molecule has 1 aromatic heterocycles. The Bertz CT molecular complexity index is 3160. The van der Waals surface area contributed by atoms with Crippen molar-refractivity contribution in [3.05, 3.63) is 119 Å². The summed E-state index contributed by atoms with van der Waals surface area (Å²) in [6.45, 7) is 14.5. The summed E-state index contributed by atoms with van der Waals surface area (Å²) in [6, 6.07) is 13.7. The van der Waals surface area contributed by atoms with Crippen LogP contribution >= 0.6 is 0 Å². The Balaban J connectivity index is 0.000000418. The molecule has 15 atom stereocenters. The second-order valence-electron chi connectivity index (χ2n) is 25.5. The molecule has 2 aromatic carbocycles. The van der Waals surface area contributed by atoms with Gasteiger partial charge >= 0.3 is 11.9 Å². The maximum atomic E-state index is 14.4. The number of ketones is 3. The number of rotatable bonds is 11. The van der Waals surface area contributed by atoms with Gasteiger partial charge in [0.25, 0.3) is 17.6 Å². The van der Waals surface area contributed by atoms with E-state index in [1.165, 1.54) is 18.1 Å². The molecule has 1 saturated carbocycles. The van der Waals surface area contributed by atoms with E-state index in [1.807, 2.05) is 88.4 Å². The van der Waals surface area contributed by atoms with Gasteiger partial charge in [-0.3, -0.25) is 33.3 Å². The fraction of sp³-hybridized carbons (Fsp3) is 0.569. The smallest absolute Gasteiger partial charge is 0.329 e. The molecule has 4 N–H and O–H groups in total. The number of aliphatic hydroxyl groups is 3. The number of hydrogen-bond donors (Lipinski definition) is 4. The summed E-state index contributed by atoms with van der Waals surface area (Å²) in [6.07, 6.45) is 14.3. The number of carboxylic acids is 1. The molecule has 4 heterocycles. The molecule has 0 unspecified atom stereocenters. The van der Waals surface area contributed by atoms with Crippen molar-refractivity contribution in [3.63, 3.8) is 0 Å². The zero-order valence-corrected chi connectivity index (χ0v) is 55.2. The van der Waals surface area contributed by atoms with Crippen LogP contribution in [0.1, 0.15) is 147 Å². The SMILES string of the molecule is CO[C@H]1C[C@@H]2CC[C@@H](C)[C@@](O)(O2)C(=O)C(=O)N2CCCC[C@H]2C(=O)O[C@H]([C@H](C)C[C@@H]2CC[C@@H](O)[C@H](OC)C2)CC(=O)[C@H](C)/C=C(\C)[C@@H](O)[C@@H](OC)C(=O)[C@H](C)C[C@H](C)/C=C/C=CC=C1C.COc1ccc2c(c1)c(CC(=O)O)c(C)n2C(=O)/C=C/c1ccccc1. The minimum atomic E-state index is -2.43. The molecule has 2 bridgehead atoms. The van der Waals surface area contributed by atoms with E-state index in [9.17, 15) is 54.0 Å². The van der Waals surface area contributed by atoms with Crippen molar-refractivity contribution in [3.8, 4) is 5.75 Å². The van der Waals surface area contributed by atoms with Crippen LogP contribution in [0, 0.1) is 42.4 Å². The van der Waals surface area contributed by atoms with Crippen LogP contribution in [-0.2, 0) is 58.9 Å². The van der Waals surface area contributed by atoms with Crippen molar-refractivity contribution in [1.82, 2.24) is 9.47 Å². The van der Waals surface area contributed by atoms with Crippen LogP contribution in [0.4, 0.5) is 0 Å². The molecule has 3 aromatic rings. The molecule has 4 aliphatic rings. The van der Waals surface area contributed by atoms with Crippen LogP contribution in [0.5, 0.6) is 5.75 Å². The normalized spacial score (nSPS) is 31.1. The van der Waals surface area contributed by atoms with E-state index in [0.717, 1.165) is 17.6 Å². The molecule has 3 fully saturated rings. The lowest BCUT2D eigenvalue weighted by atomic mass is 9.78. The van der Waals surface area contributed by atoms with Gasteiger partial charge < -0.3 is 53.7 Å². The van der Waals surface area contributed by atoms with Gasteiger partial charge in [0.2, 0.25) is 5.79 Å².